The minimum absolute atomic E-state index is 0.308. The second kappa shape index (κ2) is 9.01. The summed E-state index contributed by atoms with van der Waals surface area (Å²) in [5.41, 5.74) is 1.58. The van der Waals surface area contributed by atoms with Crippen molar-refractivity contribution in [2.45, 2.75) is 56.5 Å². The third-order valence-electron chi connectivity index (χ3n) is 5.58. The van der Waals surface area contributed by atoms with Gasteiger partial charge in [-0.1, -0.05) is 26.0 Å². The molecule has 0 radical (unpaired) electrons. The number of nitrogens with one attached hydrogen (secondary N) is 1. The van der Waals surface area contributed by atoms with Crippen LogP contribution in [0.5, 0.6) is 0 Å². The lowest BCUT2D eigenvalue weighted by molar-refractivity contribution is 0.149. The maximum absolute atomic E-state index is 11.6. The second-order valence-corrected chi connectivity index (χ2v) is 9.54. The Bertz CT molecular complexity index is 854. The highest BCUT2D eigenvalue weighted by Gasteiger charge is 2.23. The molecule has 1 aromatic heterocycles. The molecule has 28 heavy (non-hydrogen) atoms. The number of benzene rings is 1. The molecule has 0 atom stereocenters. The van der Waals surface area contributed by atoms with Gasteiger partial charge in [0.25, 0.3) is 0 Å². The van der Waals surface area contributed by atoms with Crippen molar-refractivity contribution in [3.8, 4) is 11.3 Å². The Hall–Kier alpha value is -1.99. The van der Waals surface area contributed by atoms with Crippen molar-refractivity contribution in [3.63, 3.8) is 0 Å². The number of rotatable bonds is 7. The number of likely N-dealkylation sites (tertiary alicyclic amines) is 1. The van der Waals surface area contributed by atoms with E-state index in [4.69, 9.17) is 0 Å². The van der Waals surface area contributed by atoms with E-state index in [2.05, 4.69) is 34.3 Å². The molecule has 6 nitrogen and oxygen atoms in total. The lowest BCUT2D eigenvalue weighted by Crippen LogP contribution is -2.44. The van der Waals surface area contributed by atoms with E-state index < -0.39 is 9.84 Å². The zero-order valence-electron chi connectivity index (χ0n) is 16.9. The lowest BCUT2D eigenvalue weighted by Gasteiger charge is -2.37. The molecule has 2 heterocycles. The van der Waals surface area contributed by atoms with Crippen LogP contribution in [0.1, 0.15) is 39.5 Å². The fourth-order valence-corrected chi connectivity index (χ4v) is 4.49. The summed E-state index contributed by atoms with van der Waals surface area (Å²) in [5.74, 6) is 0.789. The van der Waals surface area contributed by atoms with Crippen molar-refractivity contribution in [2.75, 3.05) is 24.7 Å². The maximum Gasteiger partial charge on any atom is 0.175 e. The first kappa shape index (κ1) is 20.7. The van der Waals surface area contributed by atoms with E-state index in [0.717, 1.165) is 43.0 Å². The van der Waals surface area contributed by atoms with Crippen molar-refractivity contribution in [1.82, 2.24) is 15.1 Å². The number of aromatic nitrogens is 2. The molecule has 0 amide bonds. The van der Waals surface area contributed by atoms with Crippen molar-refractivity contribution >= 4 is 15.7 Å². The van der Waals surface area contributed by atoms with Gasteiger partial charge in [0.2, 0.25) is 0 Å². The molecule has 1 aliphatic rings. The van der Waals surface area contributed by atoms with Crippen LogP contribution in [0.2, 0.25) is 0 Å². The Balaban J connectivity index is 1.58. The van der Waals surface area contributed by atoms with Crippen LogP contribution >= 0.6 is 0 Å². The predicted molar refractivity (Wildman–Crippen MR) is 113 cm³/mol. The summed E-state index contributed by atoms with van der Waals surface area (Å²) in [4.78, 5) is 2.91. The summed E-state index contributed by atoms with van der Waals surface area (Å²) in [6.07, 6.45) is 5.87. The molecule has 2 aromatic rings. The van der Waals surface area contributed by atoms with Gasteiger partial charge in [0, 0.05) is 37.0 Å². The summed E-state index contributed by atoms with van der Waals surface area (Å²) in [7, 11) is -3.19. The zero-order valence-corrected chi connectivity index (χ0v) is 17.7. The first-order valence-electron chi connectivity index (χ1n) is 10.1. The summed E-state index contributed by atoms with van der Waals surface area (Å²) >= 11 is 0. The van der Waals surface area contributed by atoms with Gasteiger partial charge in [-0.15, -0.1) is 10.2 Å². The van der Waals surface area contributed by atoms with Crippen LogP contribution in [0, 0.1) is 0 Å². The topological polar surface area (TPSA) is 75.2 Å². The fraction of sp³-hybridized carbons (Fsp3) is 0.524. The van der Waals surface area contributed by atoms with Gasteiger partial charge in [-0.05, 0) is 49.9 Å². The van der Waals surface area contributed by atoms with Crippen molar-refractivity contribution in [1.29, 1.82) is 0 Å². The number of piperidine rings is 1. The van der Waals surface area contributed by atoms with E-state index in [1.165, 1.54) is 19.1 Å². The van der Waals surface area contributed by atoms with Crippen LogP contribution in [0.4, 0.5) is 5.82 Å². The van der Waals surface area contributed by atoms with E-state index >= 15 is 0 Å². The Kier molecular flexibility index (Phi) is 6.67. The SMILES string of the molecule is CCC(CC)N1CCC(Nc2ccc(-c3ccc(S(C)(=O)=O)cc3)nn2)CC1. The van der Waals surface area contributed by atoms with Gasteiger partial charge >= 0.3 is 0 Å². The average molecular weight is 403 g/mol. The van der Waals surface area contributed by atoms with E-state index in [1.54, 1.807) is 24.3 Å². The summed E-state index contributed by atoms with van der Waals surface area (Å²) in [5, 5.41) is 12.1. The van der Waals surface area contributed by atoms with Crippen LogP contribution in [0.3, 0.4) is 0 Å². The molecule has 3 rings (SSSR count). The number of anilines is 1. The molecular weight excluding hydrogens is 372 g/mol. The number of nitrogens with zero attached hydrogens (tertiary/aromatic N) is 3. The van der Waals surface area contributed by atoms with Gasteiger partial charge in [-0.2, -0.15) is 0 Å². The van der Waals surface area contributed by atoms with Crippen LogP contribution in [0.15, 0.2) is 41.3 Å². The maximum atomic E-state index is 11.6. The van der Waals surface area contributed by atoms with Crippen molar-refractivity contribution in [3.05, 3.63) is 36.4 Å². The quantitative estimate of drug-likeness (QED) is 0.762. The summed E-state index contributed by atoms with van der Waals surface area (Å²) in [6.45, 7) is 6.79. The van der Waals surface area contributed by atoms with Gasteiger partial charge in [0.15, 0.2) is 9.84 Å². The molecule has 1 aromatic carbocycles. The molecule has 1 N–H and O–H groups in total. The molecule has 7 heteroatoms. The minimum atomic E-state index is -3.19. The van der Waals surface area contributed by atoms with E-state index in [0.29, 0.717) is 17.0 Å². The molecule has 0 aliphatic carbocycles. The van der Waals surface area contributed by atoms with E-state index in [1.807, 2.05) is 12.1 Å². The number of sulfone groups is 1. The summed E-state index contributed by atoms with van der Waals surface area (Å²) < 4.78 is 23.1. The molecular formula is C21H30N4O2S. The Morgan fingerprint density at radius 2 is 1.68 bits per heavy atom. The van der Waals surface area contributed by atoms with Gasteiger partial charge < -0.3 is 10.2 Å². The zero-order chi connectivity index (χ0) is 20.1. The minimum Gasteiger partial charge on any atom is -0.366 e. The molecule has 0 saturated carbocycles. The van der Waals surface area contributed by atoms with Gasteiger partial charge in [0.05, 0.1) is 10.6 Å². The average Bonchev–Trinajstić information content (AvgIpc) is 2.70. The summed E-state index contributed by atoms with van der Waals surface area (Å²) in [6, 6.07) is 11.7. The predicted octanol–water partition coefficient (Wildman–Crippen LogP) is 3.61. The number of hydrogen-bond donors (Lipinski definition) is 1. The molecule has 1 saturated heterocycles. The fourth-order valence-electron chi connectivity index (χ4n) is 3.86. The van der Waals surface area contributed by atoms with E-state index in [-0.39, 0.29) is 0 Å². The normalized spacial score (nSPS) is 16.4. The monoisotopic (exact) mass is 402 g/mol. The Morgan fingerprint density at radius 3 is 2.18 bits per heavy atom. The van der Waals surface area contributed by atoms with Gasteiger partial charge in [-0.25, -0.2) is 8.42 Å². The Morgan fingerprint density at radius 1 is 1.04 bits per heavy atom. The van der Waals surface area contributed by atoms with E-state index in [9.17, 15) is 8.42 Å². The molecule has 1 aliphatic heterocycles. The van der Waals surface area contributed by atoms with Crippen LogP contribution in [-0.2, 0) is 9.84 Å². The highest BCUT2D eigenvalue weighted by Crippen LogP contribution is 2.22. The van der Waals surface area contributed by atoms with Gasteiger partial charge in [0.1, 0.15) is 5.82 Å². The molecule has 0 unspecified atom stereocenters. The highest BCUT2D eigenvalue weighted by molar-refractivity contribution is 7.90. The molecule has 1 fully saturated rings. The molecule has 0 bridgehead atoms. The van der Waals surface area contributed by atoms with Crippen LogP contribution in [-0.4, -0.2) is 54.9 Å². The third kappa shape index (κ3) is 5.08. The molecule has 0 spiro atoms. The Labute approximate surface area is 168 Å². The lowest BCUT2D eigenvalue weighted by atomic mass is 10.0. The largest absolute Gasteiger partial charge is 0.366 e. The smallest absolute Gasteiger partial charge is 0.175 e. The first-order valence-corrected chi connectivity index (χ1v) is 11.9. The third-order valence-corrected chi connectivity index (χ3v) is 6.71. The molecule has 152 valence electrons. The number of hydrogen-bond acceptors (Lipinski definition) is 6. The van der Waals surface area contributed by atoms with Crippen molar-refractivity contribution < 1.29 is 8.42 Å². The second-order valence-electron chi connectivity index (χ2n) is 7.53. The standard InChI is InChI=1S/C21H30N4O2S/c1-4-18(5-2)25-14-12-17(13-15-25)22-21-11-10-20(23-24-21)16-6-8-19(9-7-16)28(3,26)27/h6-11,17-18H,4-5,12-15H2,1-3H3,(H,22,24). The first-order chi connectivity index (χ1) is 13.4. The van der Waals surface area contributed by atoms with Crippen LogP contribution in [0.25, 0.3) is 11.3 Å². The van der Waals surface area contributed by atoms with Gasteiger partial charge in [-0.3, -0.25) is 0 Å². The van der Waals surface area contributed by atoms with Crippen molar-refractivity contribution in [2.24, 2.45) is 0 Å². The van der Waals surface area contributed by atoms with Crippen LogP contribution < -0.4 is 5.32 Å². The highest BCUT2D eigenvalue weighted by atomic mass is 32.2.